The first kappa shape index (κ1) is 15.6. The second-order valence-electron chi connectivity index (χ2n) is 6.37. The van der Waals surface area contributed by atoms with Crippen LogP contribution in [0, 0.1) is 0 Å². The third-order valence-corrected chi connectivity index (χ3v) is 4.80. The van der Waals surface area contributed by atoms with Crippen molar-refractivity contribution in [1.82, 2.24) is 14.7 Å². The first-order valence-corrected chi connectivity index (χ1v) is 8.22. The third-order valence-electron chi connectivity index (χ3n) is 4.80. The molecule has 1 spiro atoms. The van der Waals surface area contributed by atoms with Crippen LogP contribution in [0.15, 0.2) is 47.4 Å². The number of esters is 1. The molecule has 25 heavy (non-hydrogen) atoms. The Hall–Kier alpha value is -2.96. The van der Waals surface area contributed by atoms with Crippen molar-refractivity contribution < 1.29 is 14.3 Å². The number of piperidine rings is 1. The van der Waals surface area contributed by atoms with Gasteiger partial charge in [0.05, 0.1) is 12.1 Å². The zero-order chi connectivity index (χ0) is 17.4. The number of ether oxygens (including phenoxy) is 1. The van der Waals surface area contributed by atoms with Crippen molar-refractivity contribution in [3.63, 3.8) is 0 Å². The quantitative estimate of drug-likeness (QED) is 0.761. The lowest BCUT2D eigenvalue weighted by molar-refractivity contribution is -0.139. The van der Waals surface area contributed by atoms with Crippen LogP contribution < -0.4 is 5.56 Å². The van der Waals surface area contributed by atoms with Crippen LogP contribution in [0.3, 0.4) is 0 Å². The molecule has 1 fully saturated rings. The molecule has 2 aliphatic heterocycles. The van der Waals surface area contributed by atoms with Gasteiger partial charge in [-0.05, 0) is 25.0 Å². The van der Waals surface area contributed by atoms with E-state index < -0.39 is 5.60 Å². The first-order valence-electron chi connectivity index (χ1n) is 8.22. The van der Waals surface area contributed by atoms with E-state index >= 15 is 0 Å². The van der Waals surface area contributed by atoms with E-state index in [1.165, 1.54) is 18.3 Å². The molecule has 0 N–H and O–H groups in total. The predicted molar refractivity (Wildman–Crippen MR) is 87.8 cm³/mol. The fourth-order valence-electron chi connectivity index (χ4n) is 3.62. The van der Waals surface area contributed by atoms with Gasteiger partial charge in [0, 0.05) is 24.4 Å². The molecule has 1 unspecified atom stereocenters. The molecule has 0 radical (unpaired) electrons. The number of amides is 1. The van der Waals surface area contributed by atoms with Gasteiger partial charge in [-0.3, -0.25) is 9.59 Å². The van der Waals surface area contributed by atoms with Crippen LogP contribution in [0.2, 0.25) is 0 Å². The van der Waals surface area contributed by atoms with Crippen LogP contribution in [-0.4, -0.2) is 39.6 Å². The molecule has 2 aromatic rings. The van der Waals surface area contributed by atoms with Gasteiger partial charge in [-0.2, -0.15) is 5.10 Å². The molecule has 1 aromatic carbocycles. The number of carbonyl (C=O) groups is 2. The van der Waals surface area contributed by atoms with E-state index in [0.717, 1.165) is 16.7 Å². The van der Waals surface area contributed by atoms with Gasteiger partial charge in [-0.1, -0.05) is 18.2 Å². The Balaban J connectivity index is 1.58. The Morgan fingerprint density at radius 2 is 2.04 bits per heavy atom. The molecular formula is C18H17N3O4. The Kier molecular flexibility index (Phi) is 3.63. The van der Waals surface area contributed by atoms with Gasteiger partial charge in [-0.15, -0.1) is 0 Å². The van der Waals surface area contributed by atoms with Crippen LogP contribution in [0.1, 0.15) is 28.8 Å². The van der Waals surface area contributed by atoms with Crippen LogP contribution >= 0.6 is 0 Å². The maximum atomic E-state index is 12.6. The van der Waals surface area contributed by atoms with Crippen molar-refractivity contribution in [1.29, 1.82) is 0 Å². The molecule has 1 atom stereocenters. The summed E-state index contributed by atoms with van der Waals surface area (Å²) in [6.07, 6.45) is 2.88. The molecule has 0 aliphatic carbocycles. The number of likely N-dealkylation sites (tertiary alicyclic amines) is 1. The zero-order valence-electron chi connectivity index (χ0n) is 13.6. The number of hydrogen-bond donors (Lipinski definition) is 0. The number of hydrogen-bond acceptors (Lipinski definition) is 5. The highest BCUT2D eigenvalue weighted by molar-refractivity contribution is 5.95. The normalized spacial score (nSPS) is 21.9. The van der Waals surface area contributed by atoms with Gasteiger partial charge in [-0.25, -0.2) is 9.48 Å². The lowest BCUT2D eigenvalue weighted by Gasteiger charge is -2.39. The molecule has 1 aromatic heterocycles. The highest BCUT2D eigenvalue weighted by Crippen LogP contribution is 2.42. The standard InChI is InChI=1S/C18H17N3O4/c22-15-7-3-9-19-21(15)11-16(23)20-10-4-8-18(12-20)14-6-2-1-5-13(14)17(24)25-18/h1-3,5-7,9H,4,8,10-12H2. The fourth-order valence-corrected chi connectivity index (χ4v) is 3.62. The molecule has 2 aliphatic rings. The highest BCUT2D eigenvalue weighted by atomic mass is 16.6. The second-order valence-corrected chi connectivity index (χ2v) is 6.37. The molecule has 0 saturated carbocycles. The zero-order valence-corrected chi connectivity index (χ0v) is 13.6. The second kappa shape index (κ2) is 5.84. The first-order chi connectivity index (χ1) is 12.1. The maximum absolute atomic E-state index is 12.6. The van der Waals surface area contributed by atoms with Gasteiger partial charge in [0.15, 0.2) is 5.60 Å². The lowest BCUT2D eigenvalue weighted by Crippen LogP contribution is -2.50. The van der Waals surface area contributed by atoms with E-state index in [4.69, 9.17) is 4.74 Å². The Morgan fingerprint density at radius 3 is 2.88 bits per heavy atom. The average molecular weight is 339 g/mol. The van der Waals surface area contributed by atoms with E-state index in [0.29, 0.717) is 25.1 Å². The minimum atomic E-state index is -0.781. The average Bonchev–Trinajstić information content (AvgIpc) is 2.89. The molecule has 7 heteroatoms. The molecule has 1 amide bonds. The van der Waals surface area contributed by atoms with E-state index in [1.807, 2.05) is 12.1 Å². The Bertz CT molecular complexity index is 907. The van der Waals surface area contributed by atoms with Crippen molar-refractivity contribution in [3.8, 4) is 0 Å². The number of benzene rings is 1. The summed E-state index contributed by atoms with van der Waals surface area (Å²) in [7, 11) is 0. The summed E-state index contributed by atoms with van der Waals surface area (Å²) in [5, 5.41) is 3.92. The number of aromatic nitrogens is 2. The van der Waals surface area contributed by atoms with E-state index in [-0.39, 0.29) is 24.0 Å². The highest BCUT2D eigenvalue weighted by Gasteiger charge is 2.48. The molecule has 7 nitrogen and oxygen atoms in total. The van der Waals surface area contributed by atoms with Crippen molar-refractivity contribution in [2.45, 2.75) is 25.0 Å². The SMILES string of the molecule is O=C1OC2(CCCN(C(=O)Cn3ncccc3=O)C2)c2ccccc21. The summed E-state index contributed by atoms with van der Waals surface area (Å²) in [5.41, 5.74) is 0.307. The molecule has 4 rings (SSSR count). The minimum absolute atomic E-state index is 0.120. The van der Waals surface area contributed by atoms with Crippen LogP contribution in [0.25, 0.3) is 0 Å². The summed E-state index contributed by atoms with van der Waals surface area (Å²) < 4.78 is 6.83. The van der Waals surface area contributed by atoms with Crippen molar-refractivity contribution in [3.05, 3.63) is 64.1 Å². The van der Waals surface area contributed by atoms with Gasteiger partial charge >= 0.3 is 5.97 Å². The van der Waals surface area contributed by atoms with Crippen molar-refractivity contribution in [2.24, 2.45) is 0 Å². The maximum Gasteiger partial charge on any atom is 0.339 e. The molecule has 1 saturated heterocycles. The van der Waals surface area contributed by atoms with E-state index in [2.05, 4.69) is 5.10 Å². The van der Waals surface area contributed by atoms with Crippen molar-refractivity contribution in [2.75, 3.05) is 13.1 Å². The Morgan fingerprint density at radius 1 is 1.20 bits per heavy atom. The summed E-state index contributed by atoms with van der Waals surface area (Å²) in [6.45, 7) is 0.753. The summed E-state index contributed by atoms with van der Waals surface area (Å²) in [4.78, 5) is 38.2. The van der Waals surface area contributed by atoms with Gasteiger partial charge in [0.25, 0.3) is 5.56 Å². The van der Waals surface area contributed by atoms with Crippen LogP contribution in [0.4, 0.5) is 0 Å². The topological polar surface area (TPSA) is 81.5 Å². The monoisotopic (exact) mass is 339 g/mol. The van der Waals surface area contributed by atoms with Gasteiger partial charge < -0.3 is 9.64 Å². The summed E-state index contributed by atoms with van der Waals surface area (Å²) >= 11 is 0. The summed E-state index contributed by atoms with van der Waals surface area (Å²) in [5.74, 6) is -0.550. The summed E-state index contributed by atoms with van der Waals surface area (Å²) in [6, 6.07) is 10.2. The number of fused-ring (bicyclic) bond motifs is 2. The van der Waals surface area contributed by atoms with Crippen molar-refractivity contribution >= 4 is 11.9 Å². The third kappa shape index (κ3) is 2.61. The van der Waals surface area contributed by atoms with Gasteiger partial charge in [0.2, 0.25) is 5.91 Å². The van der Waals surface area contributed by atoms with Crippen LogP contribution in [0.5, 0.6) is 0 Å². The molecule has 128 valence electrons. The largest absolute Gasteiger partial charge is 0.449 e. The molecular weight excluding hydrogens is 322 g/mol. The smallest absolute Gasteiger partial charge is 0.339 e. The van der Waals surface area contributed by atoms with E-state index in [9.17, 15) is 14.4 Å². The van der Waals surface area contributed by atoms with Crippen LogP contribution in [-0.2, 0) is 21.7 Å². The lowest BCUT2D eigenvalue weighted by atomic mass is 9.85. The number of carbonyl (C=O) groups excluding carboxylic acids is 2. The molecule has 3 heterocycles. The van der Waals surface area contributed by atoms with E-state index in [1.54, 1.807) is 17.0 Å². The number of nitrogens with zero attached hydrogens (tertiary/aromatic N) is 3. The number of rotatable bonds is 2. The van der Waals surface area contributed by atoms with Gasteiger partial charge in [0.1, 0.15) is 6.54 Å². The minimum Gasteiger partial charge on any atom is -0.449 e. The fraction of sp³-hybridized carbons (Fsp3) is 0.333. The molecule has 0 bridgehead atoms. The Labute approximate surface area is 143 Å². The predicted octanol–water partition coefficient (Wildman–Crippen LogP) is 0.932.